The van der Waals surface area contributed by atoms with Gasteiger partial charge in [-0.25, -0.2) is 13.4 Å². The standard InChI is InChI=1S/C24H22Cl2N4O3S/c1-16-21(25)15-30-22(31)13-19(27-24(30)23(16)26)14-28-8-10-29(11-9-28)34(32,33)20-7-6-17-4-2-3-5-18(17)12-20/h2-7,12-13,15H,8-11,14H2,1H3/p+1. The van der Waals surface area contributed by atoms with Gasteiger partial charge >= 0.3 is 0 Å². The fraction of sp³-hybridized carbons (Fsp3) is 0.250. The summed E-state index contributed by atoms with van der Waals surface area (Å²) >= 11 is 12.5. The Kier molecular flexibility index (Phi) is 6.12. The summed E-state index contributed by atoms with van der Waals surface area (Å²) in [4.78, 5) is 18.7. The third-order valence-electron chi connectivity index (χ3n) is 6.35. The molecule has 10 heteroatoms. The zero-order chi connectivity index (χ0) is 24.0. The first kappa shape index (κ1) is 23.3. The van der Waals surface area contributed by atoms with Gasteiger partial charge < -0.3 is 4.90 Å². The van der Waals surface area contributed by atoms with Gasteiger partial charge in [0.15, 0.2) is 5.65 Å². The molecule has 0 bridgehead atoms. The number of nitrogens with one attached hydrogen (secondary N) is 1. The van der Waals surface area contributed by atoms with E-state index in [1.165, 1.54) is 21.0 Å². The highest BCUT2D eigenvalue weighted by Crippen LogP contribution is 2.26. The third-order valence-corrected chi connectivity index (χ3v) is 9.08. The fourth-order valence-corrected chi connectivity index (χ4v) is 6.30. The number of nitrogens with zero attached hydrogens (tertiary/aromatic N) is 3. The number of quaternary nitrogens is 1. The number of sulfonamides is 1. The lowest BCUT2D eigenvalue weighted by atomic mass is 10.1. The number of benzene rings is 2. The van der Waals surface area contributed by atoms with Gasteiger partial charge in [-0.15, -0.1) is 0 Å². The van der Waals surface area contributed by atoms with Crippen LogP contribution in [0, 0.1) is 6.92 Å². The van der Waals surface area contributed by atoms with Crippen LogP contribution in [0.3, 0.4) is 0 Å². The van der Waals surface area contributed by atoms with Crippen LogP contribution in [0.1, 0.15) is 11.3 Å². The first-order valence-electron chi connectivity index (χ1n) is 10.9. The van der Waals surface area contributed by atoms with Crippen LogP contribution in [0.4, 0.5) is 0 Å². The molecule has 1 N–H and O–H groups in total. The lowest BCUT2D eigenvalue weighted by Crippen LogP contribution is -3.13. The van der Waals surface area contributed by atoms with Gasteiger partial charge in [-0.2, -0.15) is 4.31 Å². The second-order valence-corrected chi connectivity index (χ2v) is 11.3. The van der Waals surface area contributed by atoms with Gasteiger partial charge in [0, 0.05) is 12.3 Å². The molecule has 5 rings (SSSR count). The number of halogens is 2. The Morgan fingerprint density at radius 1 is 1.03 bits per heavy atom. The van der Waals surface area contributed by atoms with Gasteiger partial charge in [0.2, 0.25) is 10.0 Å². The van der Waals surface area contributed by atoms with Crippen LogP contribution < -0.4 is 10.5 Å². The average Bonchev–Trinajstić information content (AvgIpc) is 2.83. The maximum atomic E-state index is 13.2. The summed E-state index contributed by atoms with van der Waals surface area (Å²) in [6.07, 6.45) is 1.53. The van der Waals surface area contributed by atoms with E-state index in [4.69, 9.17) is 23.2 Å². The number of hydrogen-bond donors (Lipinski definition) is 1. The van der Waals surface area contributed by atoms with E-state index in [0.29, 0.717) is 64.6 Å². The Morgan fingerprint density at radius 2 is 1.74 bits per heavy atom. The summed E-state index contributed by atoms with van der Waals surface area (Å²) in [6, 6.07) is 14.4. The Labute approximate surface area is 207 Å². The van der Waals surface area contributed by atoms with Crippen LogP contribution in [0.5, 0.6) is 0 Å². The van der Waals surface area contributed by atoms with Crippen molar-refractivity contribution in [2.75, 3.05) is 26.2 Å². The van der Waals surface area contributed by atoms with E-state index in [0.717, 1.165) is 15.7 Å². The highest BCUT2D eigenvalue weighted by atomic mass is 35.5. The van der Waals surface area contributed by atoms with E-state index in [9.17, 15) is 13.2 Å². The molecule has 34 heavy (non-hydrogen) atoms. The summed E-state index contributed by atoms with van der Waals surface area (Å²) < 4.78 is 29.3. The highest BCUT2D eigenvalue weighted by Gasteiger charge is 2.31. The number of fused-ring (bicyclic) bond motifs is 2. The van der Waals surface area contributed by atoms with Crippen molar-refractivity contribution in [3.05, 3.63) is 86.4 Å². The van der Waals surface area contributed by atoms with E-state index in [-0.39, 0.29) is 5.56 Å². The van der Waals surface area contributed by atoms with Crippen LogP contribution in [-0.4, -0.2) is 48.3 Å². The molecule has 3 heterocycles. The molecule has 0 radical (unpaired) electrons. The molecule has 1 aliphatic rings. The van der Waals surface area contributed by atoms with Crippen LogP contribution in [0.25, 0.3) is 16.4 Å². The van der Waals surface area contributed by atoms with E-state index in [1.807, 2.05) is 30.3 Å². The predicted molar refractivity (Wildman–Crippen MR) is 133 cm³/mol. The summed E-state index contributed by atoms with van der Waals surface area (Å²) in [5, 5.41) is 2.67. The van der Waals surface area contributed by atoms with Gasteiger partial charge in [-0.3, -0.25) is 9.20 Å². The molecule has 7 nitrogen and oxygen atoms in total. The maximum absolute atomic E-state index is 13.2. The number of piperazine rings is 1. The van der Waals surface area contributed by atoms with E-state index in [2.05, 4.69) is 4.98 Å². The molecule has 1 aliphatic heterocycles. The minimum atomic E-state index is -3.58. The van der Waals surface area contributed by atoms with Crippen molar-refractivity contribution in [3.8, 4) is 0 Å². The second kappa shape index (κ2) is 8.94. The summed E-state index contributed by atoms with van der Waals surface area (Å²) in [5.41, 5.74) is 1.42. The SMILES string of the molecule is Cc1c(Cl)cn2c(=O)cc(C[NH+]3CCN(S(=O)(=O)c4ccc5ccccc5c4)CC3)nc2c1Cl. The smallest absolute Gasteiger partial charge is 0.258 e. The van der Waals surface area contributed by atoms with E-state index >= 15 is 0 Å². The van der Waals surface area contributed by atoms with Crippen molar-refractivity contribution < 1.29 is 13.3 Å². The largest absolute Gasteiger partial charge is 0.328 e. The first-order valence-corrected chi connectivity index (χ1v) is 13.1. The Hall–Kier alpha value is -2.49. The predicted octanol–water partition coefficient (Wildman–Crippen LogP) is 2.55. The maximum Gasteiger partial charge on any atom is 0.258 e. The van der Waals surface area contributed by atoms with Gasteiger partial charge in [-0.1, -0.05) is 53.5 Å². The van der Waals surface area contributed by atoms with Gasteiger partial charge in [0.05, 0.1) is 41.1 Å². The van der Waals surface area contributed by atoms with Crippen LogP contribution >= 0.6 is 23.2 Å². The summed E-state index contributed by atoms with van der Waals surface area (Å²) in [6.45, 7) is 4.30. The molecule has 0 amide bonds. The Bertz CT molecular complexity index is 1580. The minimum Gasteiger partial charge on any atom is -0.328 e. The zero-order valence-corrected chi connectivity index (χ0v) is 20.8. The summed E-state index contributed by atoms with van der Waals surface area (Å²) in [7, 11) is -3.58. The van der Waals surface area contributed by atoms with Crippen molar-refractivity contribution in [2.45, 2.75) is 18.4 Å². The van der Waals surface area contributed by atoms with Crippen LogP contribution in [-0.2, 0) is 16.6 Å². The monoisotopic (exact) mass is 517 g/mol. The van der Waals surface area contributed by atoms with Gasteiger partial charge in [0.1, 0.15) is 12.2 Å². The van der Waals surface area contributed by atoms with Crippen LogP contribution in [0.15, 0.2) is 64.4 Å². The molecular formula is C24H23Cl2N4O3S+. The van der Waals surface area contributed by atoms with Crippen LogP contribution in [0.2, 0.25) is 10.0 Å². The normalized spacial score (nSPS) is 15.9. The van der Waals surface area contributed by atoms with Crippen molar-refractivity contribution in [1.29, 1.82) is 0 Å². The van der Waals surface area contributed by atoms with E-state index in [1.54, 1.807) is 19.1 Å². The molecule has 0 spiro atoms. The minimum absolute atomic E-state index is 0.249. The quantitative estimate of drug-likeness (QED) is 0.451. The lowest BCUT2D eigenvalue weighted by molar-refractivity contribution is -0.917. The zero-order valence-electron chi connectivity index (χ0n) is 18.5. The number of pyridine rings is 1. The molecule has 1 saturated heterocycles. The molecule has 2 aromatic heterocycles. The Morgan fingerprint density at radius 3 is 2.47 bits per heavy atom. The van der Waals surface area contributed by atoms with Crippen molar-refractivity contribution in [2.24, 2.45) is 0 Å². The molecule has 0 atom stereocenters. The Balaban J connectivity index is 1.32. The fourth-order valence-electron chi connectivity index (χ4n) is 4.34. The lowest BCUT2D eigenvalue weighted by Gasteiger charge is -2.31. The molecule has 0 unspecified atom stereocenters. The van der Waals surface area contributed by atoms with Crippen molar-refractivity contribution >= 4 is 49.6 Å². The molecule has 4 aromatic rings. The summed E-state index contributed by atoms with van der Waals surface area (Å²) in [5.74, 6) is 0. The molecule has 2 aromatic carbocycles. The van der Waals surface area contributed by atoms with Gasteiger partial charge in [0.25, 0.3) is 5.56 Å². The second-order valence-electron chi connectivity index (χ2n) is 8.54. The topological polar surface area (TPSA) is 76.2 Å². The van der Waals surface area contributed by atoms with Crippen molar-refractivity contribution in [3.63, 3.8) is 0 Å². The molecule has 0 saturated carbocycles. The molecule has 0 aliphatic carbocycles. The highest BCUT2D eigenvalue weighted by molar-refractivity contribution is 7.89. The van der Waals surface area contributed by atoms with E-state index < -0.39 is 10.0 Å². The number of rotatable bonds is 4. The first-order chi connectivity index (χ1) is 16.2. The van der Waals surface area contributed by atoms with Gasteiger partial charge in [-0.05, 0) is 35.4 Å². The third kappa shape index (κ3) is 4.21. The molecule has 1 fully saturated rings. The number of hydrogen-bond acceptors (Lipinski definition) is 4. The van der Waals surface area contributed by atoms with Crippen molar-refractivity contribution in [1.82, 2.24) is 13.7 Å². The average molecular weight is 518 g/mol. The molecular weight excluding hydrogens is 495 g/mol. The number of aromatic nitrogens is 2. The molecule has 176 valence electrons.